The van der Waals surface area contributed by atoms with Crippen LogP contribution in [-0.4, -0.2) is 79.6 Å². The Hall–Kier alpha value is -6.77. The maximum absolute atomic E-state index is 12.1. The highest BCUT2D eigenvalue weighted by Crippen LogP contribution is 2.36. The summed E-state index contributed by atoms with van der Waals surface area (Å²) in [6.07, 6.45) is 5.80. The molecule has 11 rings (SSSR count). The maximum atomic E-state index is 12.1. The molecule has 0 aliphatic carbocycles. The Kier molecular flexibility index (Phi) is 19.2. The van der Waals surface area contributed by atoms with E-state index < -0.39 is 7.12 Å². The molecule has 4 aromatic carbocycles. The van der Waals surface area contributed by atoms with E-state index in [0.29, 0.717) is 22.8 Å². The lowest BCUT2D eigenvalue weighted by Gasteiger charge is -2.32. The summed E-state index contributed by atoms with van der Waals surface area (Å²) in [7, 11) is 5.44. The highest BCUT2D eigenvalue weighted by atomic mass is 79.9. The fourth-order valence-electron chi connectivity index (χ4n) is 7.45. The highest BCUT2D eigenvalue weighted by molar-refractivity contribution is 9.11. The van der Waals surface area contributed by atoms with Crippen LogP contribution >= 0.6 is 81.8 Å². The van der Waals surface area contributed by atoms with Crippen LogP contribution in [0.2, 0.25) is 0 Å². The minimum absolute atomic E-state index is 0.205. The molecule has 10 aromatic rings. The Bertz CT molecular complexity index is 3610. The number of rotatable bonds is 10. The van der Waals surface area contributed by atoms with Gasteiger partial charge in [-0.3, -0.25) is 14.4 Å². The molecule has 0 unspecified atom stereocenters. The van der Waals surface area contributed by atoms with E-state index in [-0.39, 0.29) is 28.9 Å². The number of nitrogens with one attached hydrogen (secondary N) is 3. The van der Waals surface area contributed by atoms with Crippen molar-refractivity contribution in [3.05, 3.63) is 185 Å². The van der Waals surface area contributed by atoms with Crippen molar-refractivity contribution in [1.29, 1.82) is 0 Å². The zero-order chi connectivity index (χ0) is 56.4. The molecule has 0 bridgehead atoms. The van der Waals surface area contributed by atoms with E-state index in [9.17, 15) is 14.4 Å². The van der Waals surface area contributed by atoms with Gasteiger partial charge in [-0.05, 0) is 155 Å². The standard InChI is InChI=1S/C21H18N4OS.C16H19BN2O3S.C14H11BrN4OS.C4H4Br2N2/c1-14-4-3-5-16(10-14)18-11-25(2)20(24-18)15-6-8-17(9-7-15)23-21(26)19-12-27-13-22-19;1-15(2)16(3,4)22-17(21-15)11-5-7-12(8-6-11)19-14(20)13-9-23-10-18-13;1-19-6-12(15)18-13(19)9-2-4-10(5-3-9)17-14(20)11-7-21-8-16-11;1-8-2-3(5)7-4(8)6/h3-13H,1-2H3,(H,23,26);5-10H,1-4H3,(H,19,20);2-8H,1H3,(H,17,20);2H,1H3. The van der Waals surface area contributed by atoms with Crippen LogP contribution in [-0.2, 0) is 30.5 Å². The molecular formula is C55H52BBr3N12O5S3. The van der Waals surface area contributed by atoms with E-state index in [2.05, 4.69) is 114 Å². The van der Waals surface area contributed by atoms with Gasteiger partial charge >= 0.3 is 7.12 Å². The van der Waals surface area contributed by atoms with Crippen molar-refractivity contribution in [3.8, 4) is 34.0 Å². The Morgan fingerprint density at radius 3 is 1.32 bits per heavy atom. The van der Waals surface area contributed by atoms with E-state index in [0.717, 1.165) is 64.8 Å². The Morgan fingerprint density at radius 2 is 0.949 bits per heavy atom. The van der Waals surface area contributed by atoms with Gasteiger partial charge in [0.15, 0.2) is 4.73 Å². The number of aromatic nitrogens is 9. The third kappa shape index (κ3) is 15.3. The van der Waals surface area contributed by atoms with Crippen LogP contribution in [0.15, 0.2) is 162 Å². The monoisotopic (exact) mass is 1300 g/mol. The number of carbonyl (C=O) groups is 3. The molecule has 6 aromatic heterocycles. The summed E-state index contributed by atoms with van der Waals surface area (Å²) < 4.78 is 20.3. The third-order valence-corrected chi connectivity index (χ3v) is 15.6. The number of amides is 3. The van der Waals surface area contributed by atoms with Gasteiger partial charge in [-0.1, -0.05) is 35.9 Å². The van der Waals surface area contributed by atoms with Crippen molar-refractivity contribution in [2.45, 2.75) is 45.8 Å². The van der Waals surface area contributed by atoms with Crippen LogP contribution in [0.1, 0.15) is 64.7 Å². The van der Waals surface area contributed by atoms with Crippen molar-refractivity contribution in [2.24, 2.45) is 21.1 Å². The van der Waals surface area contributed by atoms with Crippen LogP contribution < -0.4 is 21.4 Å². The topological polar surface area (TPSA) is 198 Å². The van der Waals surface area contributed by atoms with Crippen LogP contribution in [0.5, 0.6) is 0 Å². The molecule has 0 radical (unpaired) electrons. The minimum atomic E-state index is -0.400. The first-order chi connectivity index (χ1) is 37.7. The molecule has 1 fully saturated rings. The second-order valence-electron chi connectivity index (χ2n) is 18.7. The first kappa shape index (κ1) is 58.4. The number of thiazole rings is 3. The number of aryl methyl sites for hydroxylation is 4. The molecule has 3 N–H and O–H groups in total. The van der Waals surface area contributed by atoms with Crippen LogP contribution in [0.4, 0.5) is 17.1 Å². The molecule has 0 atom stereocenters. The molecule has 1 aliphatic rings. The summed E-state index contributed by atoms with van der Waals surface area (Å²) in [4.78, 5) is 61.1. The van der Waals surface area contributed by atoms with E-state index in [1.165, 1.54) is 39.6 Å². The van der Waals surface area contributed by atoms with Gasteiger partial charge in [0, 0.05) is 89.6 Å². The van der Waals surface area contributed by atoms with Crippen LogP contribution in [0.3, 0.4) is 0 Å². The zero-order valence-corrected chi connectivity index (χ0v) is 51.1. The van der Waals surface area contributed by atoms with E-state index >= 15 is 0 Å². The fourth-order valence-corrected chi connectivity index (χ4v) is 10.5. The lowest BCUT2D eigenvalue weighted by Crippen LogP contribution is -2.41. The Morgan fingerprint density at radius 1 is 0.532 bits per heavy atom. The van der Waals surface area contributed by atoms with Gasteiger partial charge < -0.3 is 39.0 Å². The number of imidazole rings is 3. The molecular weight excluding hydrogens is 1260 g/mol. The number of carbonyl (C=O) groups excluding carboxylic acids is 3. The zero-order valence-electron chi connectivity index (χ0n) is 43.9. The summed E-state index contributed by atoms with van der Waals surface area (Å²) in [6.45, 7) is 10.2. The van der Waals surface area contributed by atoms with Gasteiger partial charge in [0.25, 0.3) is 17.7 Å². The first-order valence-corrected chi connectivity index (χ1v) is 29.3. The van der Waals surface area contributed by atoms with Crippen molar-refractivity contribution in [3.63, 3.8) is 0 Å². The SMILES string of the molecule is CC1(C)OB(c2ccc(NC(=O)c3cscn3)cc2)OC1(C)C.Cc1cccc(-c2cn(C)c(-c3ccc(NC(=O)c4cscn4)cc3)n2)c1.Cn1cc(Br)nc1-c1ccc(NC(=O)c2cscn2)cc1.Cn1cc(Br)nc1Br. The van der Waals surface area contributed by atoms with E-state index in [1.54, 1.807) is 32.7 Å². The number of nitrogens with zero attached hydrogens (tertiary/aromatic N) is 9. The molecule has 7 heterocycles. The molecule has 24 heteroatoms. The summed E-state index contributed by atoms with van der Waals surface area (Å²) in [5, 5.41) is 13.6. The summed E-state index contributed by atoms with van der Waals surface area (Å²) in [6, 6.07) is 31.0. The smallest absolute Gasteiger partial charge is 0.399 e. The molecule has 17 nitrogen and oxygen atoms in total. The van der Waals surface area contributed by atoms with E-state index in [1.807, 2.05) is 160 Å². The van der Waals surface area contributed by atoms with E-state index in [4.69, 9.17) is 14.3 Å². The van der Waals surface area contributed by atoms with Gasteiger partial charge in [0.2, 0.25) is 0 Å². The summed E-state index contributed by atoms with van der Waals surface area (Å²) in [5.41, 5.74) is 13.8. The van der Waals surface area contributed by atoms with Crippen LogP contribution in [0, 0.1) is 6.92 Å². The lowest BCUT2D eigenvalue weighted by atomic mass is 9.79. The average molecular weight is 1310 g/mol. The molecule has 1 aliphatic heterocycles. The van der Waals surface area contributed by atoms with Gasteiger partial charge in [0.1, 0.15) is 37.9 Å². The Balaban J connectivity index is 0.000000146. The van der Waals surface area contributed by atoms with Crippen molar-refractivity contribution in [2.75, 3.05) is 16.0 Å². The molecule has 3 amide bonds. The van der Waals surface area contributed by atoms with Crippen molar-refractivity contribution in [1.82, 2.24) is 43.6 Å². The largest absolute Gasteiger partial charge is 0.494 e. The molecule has 404 valence electrons. The number of hydrogen-bond acceptors (Lipinski definition) is 14. The minimum Gasteiger partial charge on any atom is -0.399 e. The number of benzene rings is 4. The molecule has 79 heavy (non-hydrogen) atoms. The quantitative estimate of drug-likeness (QED) is 0.110. The van der Waals surface area contributed by atoms with Gasteiger partial charge in [0.05, 0.1) is 33.4 Å². The molecule has 1 saturated heterocycles. The maximum Gasteiger partial charge on any atom is 0.494 e. The van der Waals surface area contributed by atoms with Crippen molar-refractivity contribution < 1.29 is 23.7 Å². The summed E-state index contributed by atoms with van der Waals surface area (Å²) in [5.74, 6) is 1.12. The summed E-state index contributed by atoms with van der Waals surface area (Å²) >= 11 is 14.0. The Labute approximate surface area is 494 Å². The number of halogens is 3. The predicted octanol–water partition coefficient (Wildman–Crippen LogP) is 13.0. The molecule has 0 spiro atoms. The lowest BCUT2D eigenvalue weighted by molar-refractivity contribution is 0.00578. The number of hydrogen-bond donors (Lipinski definition) is 3. The second-order valence-corrected chi connectivity index (χ2v) is 23.2. The second kappa shape index (κ2) is 26.0. The van der Waals surface area contributed by atoms with Crippen LogP contribution in [0.25, 0.3) is 34.0 Å². The predicted molar refractivity (Wildman–Crippen MR) is 326 cm³/mol. The fraction of sp³-hybridized carbons (Fsp3) is 0.182. The van der Waals surface area contributed by atoms with Gasteiger partial charge in [-0.15, -0.1) is 34.0 Å². The van der Waals surface area contributed by atoms with Gasteiger partial charge in [-0.2, -0.15) is 0 Å². The average Bonchev–Trinajstić information content (AvgIpc) is 4.41. The van der Waals surface area contributed by atoms with Gasteiger partial charge in [-0.25, -0.2) is 29.9 Å². The normalized spacial score (nSPS) is 13.0. The molecule has 0 saturated carbocycles. The highest BCUT2D eigenvalue weighted by Gasteiger charge is 2.51. The first-order valence-electron chi connectivity index (χ1n) is 24.1. The van der Waals surface area contributed by atoms with Crippen molar-refractivity contribution >= 4 is 129 Å². The number of anilines is 3. The third-order valence-electron chi connectivity index (χ3n) is 12.3.